The number of hydrogen-bond donors (Lipinski definition) is 0. The molecule has 11 heteroatoms. The summed E-state index contributed by atoms with van der Waals surface area (Å²) in [4.78, 5) is 57.2. The van der Waals surface area contributed by atoms with Crippen LogP contribution in [0.25, 0.3) is 17.2 Å². The zero-order valence-corrected chi connectivity index (χ0v) is 63.4. The summed E-state index contributed by atoms with van der Waals surface area (Å²) in [6, 6.07) is 51.8. The third-order valence-electron chi connectivity index (χ3n) is 23.7. The number of rotatable bonds is 9. The van der Waals surface area contributed by atoms with Gasteiger partial charge in [-0.05, 0) is 250 Å². The number of fused-ring (bicyclic) bond motifs is 5. The lowest BCUT2D eigenvalue weighted by atomic mass is 9.83. The molecule has 18 rings (SSSR count). The van der Waals surface area contributed by atoms with E-state index in [4.69, 9.17) is 0 Å². The number of benzene rings is 7. The van der Waals surface area contributed by atoms with E-state index in [9.17, 15) is 14.4 Å². The van der Waals surface area contributed by atoms with Crippen LogP contribution in [0.3, 0.4) is 0 Å². The molecule has 1 unspecified atom stereocenters. The highest BCUT2D eigenvalue weighted by atomic mass is 32.2. The number of allylic oxidation sites excluding steroid dienone is 15. The summed E-state index contributed by atoms with van der Waals surface area (Å²) >= 11 is 3.55. The van der Waals surface area contributed by atoms with Gasteiger partial charge in [0, 0.05) is 136 Å². The molecular weight excluding hydrogens is 1310 g/mol. The lowest BCUT2D eigenvalue weighted by molar-refractivity contribution is -0.117. The molecule has 0 aromatic heterocycles. The SMILES string of the molecule is CCN1C(=CC=C2CCC(=CC=C3Sc4ccccc4N3CC)C2=O)Sc2ccccc21.CN1C(=CC=C2C(=O)C(=CC=C3N(C)c4ccccc4C3(C)C)c3ccccc32)C(C)(C)c2ccccc21.O=C1C(=Cc2cc3c4c(c2)CCCN4CCC3)CCC1Cc1cc2c3c(c1)CCCN3CCC2. The number of aryl methyl sites for hydroxylation is 4. The van der Waals surface area contributed by atoms with Crippen LogP contribution in [-0.4, -0.2) is 70.7 Å². The second-order valence-electron chi connectivity index (χ2n) is 30.7. The van der Waals surface area contributed by atoms with Crippen molar-refractivity contribution < 1.29 is 14.4 Å². The van der Waals surface area contributed by atoms with Gasteiger partial charge in [-0.15, -0.1) is 0 Å². The first-order valence-corrected chi connectivity index (χ1v) is 39.9. The van der Waals surface area contributed by atoms with Crippen LogP contribution in [0.15, 0.2) is 242 Å². The van der Waals surface area contributed by atoms with Gasteiger partial charge in [-0.1, -0.05) is 160 Å². The van der Waals surface area contributed by atoms with Gasteiger partial charge < -0.3 is 29.4 Å². The number of ketones is 3. The molecule has 0 bridgehead atoms. The van der Waals surface area contributed by atoms with Crippen molar-refractivity contribution in [3.63, 3.8) is 0 Å². The maximum Gasteiger partial charge on any atom is 0.194 e. The van der Waals surface area contributed by atoms with Crippen LogP contribution in [-0.2, 0) is 57.3 Å². The Labute approximate surface area is 624 Å². The lowest BCUT2D eigenvalue weighted by Gasteiger charge is -2.37. The number of anilines is 6. The number of thioether (sulfide) groups is 2. The van der Waals surface area contributed by atoms with Crippen molar-refractivity contribution in [2.24, 2.45) is 5.92 Å². The number of hydrogen-bond acceptors (Lipinski definition) is 11. The number of nitrogens with zero attached hydrogens (tertiary/aromatic N) is 6. The number of likely N-dealkylation sites (N-methyl/N-ethyl adjacent to an activating group) is 2. The molecule has 1 atom stereocenters. The second kappa shape index (κ2) is 28.6. The highest BCUT2D eigenvalue weighted by Crippen LogP contribution is 2.52. The fourth-order valence-corrected chi connectivity index (χ4v) is 20.8. The van der Waals surface area contributed by atoms with Gasteiger partial charge >= 0.3 is 0 Å². The van der Waals surface area contributed by atoms with Crippen molar-refractivity contribution >= 4 is 92.2 Å². The van der Waals surface area contributed by atoms with Crippen molar-refractivity contribution in [3.05, 3.63) is 288 Å². The summed E-state index contributed by atoms with van der Waals surface area (Å²) in [5.74, 6) is 0.824. The highest BCUT2D eigenvalue weighted by molar-refractivity contribution is 8.04. The van der Waals surface area contributed by atoms with Gasteiger partial charge in [0.05, 0.1) is 21.4 Å². The zero-order chi connectivity index (χ0) is 71.5. The summed E-state index contributed by atoms with van der Waals surface area (Å²) in [5, 5.41) is 2.37. The molecular formula is C93H96N6O3S2. The Bertz CT molecular complexity index is 4700. The number of para-hydroxylation sites is 4. The molecule has 0 saturated heterocycles. The normalized spacial score (nSPS) is 23.4. The van der Waals surface area contributed by atoms with Gasteiger partial charge in [0.2, 0.25) is 0 Å². The molecule has 104 heavy (non-hydrogen) atoms. The third kappa shape index (κ3) is 12.7. The van der Waals surface area contributed by atoms with Crippen LogP contribution >= 0.6 is 23.5 Å². The first kappa shape index (κ1) is 69.1. The molecule has 3 aliphatic carbocycles. The molecule has 11 aliphatic rings. The predicted octanol–water partition coefficient (Wildman–Crippen LogP) is 20.5. The van der Waals surface area contributed by atoms with E-state index in [-0.39, 0.29) is 28.3 Å². The molecule has 0 radical (unpaired) electrons. The van der Waals surface area contributed by atoms with Crippen molar-refractivity contribution in [1.82, 2.24) is 0 Å². The fraction of sp³-hybridized carbons (Fsp3) is 0.323. The minimum atomic E-state index is -0.139. The van der Waals surface area contributed by atoms with E-state index in [0.717, 1.165) is 84.2 Å². The van der Waals surface area contributed by atoms with E-state index < -0.39 is 0 Å². The molecule has 528 valence electrons. The van der Waals surface area contributed by atoms with E-state index in [0.29, 0.717) is 5.78 Å². The molecule has 0 amide bonds. The van der Waals surface area contributed by atoms with Crippen LogP contribution < -0.4 is 29.4 Å². The van der Waals surface area contributed by atoms with Crippen molar-refractivity contribution in [3.8, 4) is 0 Å². The summed E-state index contributed by atoms with van der Waals surface area (Å²) < 4.78 is 0. The third-order valence-corrected chi connectivity index (χ3v) is 26.0. The first-order chi connectivity index (χ1) is 50.6. The Morgan fingerprint density at radius 1 is 0.442 bits per heavy atom. The van der Waals surface area contributed by atoms with Crippen LogP contribution in [0.2, 0.25) is 0 Å². The topological polar surface area (TPSA) is 70.6 Å². The van der Waals surface area contributed by atoms with Crippen LogP contribution in [0, 0.1) is 5.92 Å². The predicted molar refractivity (Wildman–Crippen MR) is 437 cm³/mol. The van der Waals surface area contributed by atoms with Crippen molar-refractivity contribution in [2.75, 3.05) is 82.8 Å². The zero-order valence-electron chi connectivity index (χ0n) is 61.8. The summed E-state index contributed by atoms with van der Waals surface area (Å²) in [7, 11) is 4.22. The van der Waals surface area contributed by atoms with Crippen LogP contribution in [0.1, 0.15) is 149 Å². The van der Waals surface area contributed by atoms with E-state index in [2.05, 4.69) is 249 Å². The highest BCUT2D eigenvalue weighted by Gasteiger charge is 2.41. The van der Waals surface area contributed by atoms with Crippen LogP contribution in [0.4, 0.5) is 34.1 Å². The number of Topliss-reactive ketones (excluding diaryl/α,β-unsaturated/α-hetero) is 3. The van der Waals surface area contributed by atoms with Gasteiger partial charge in [0.25, 0.3) is 0 Å². The van der Waals surface area contributed by atoms with Gasteiger partial charge in [0.1, 0.15) is 0 Å². The Kier molecular flexibility index (Phi) is 19.0. The Morgan fingerprint density at radius 2 is 0.856 bits per heavy atom. The quantitative estimate of drug-likeness (QED) is 0.130. The summed E-state index contributed by atoms with van der Waals surface area (Å²) in [5.41, 5.74) is 27.8. The molecule has 7 aromatic rings. The Morgan fingerprint density at radius 3 is 1.30 bits per heavy atom. The minimum Gasteiger partial charge on any atom is -0.371 e. The molecule has 8 aliphatic heterocycles. The monoisotopic (exact) mass is 1410 g/mol. The van der Waals surface area contributed by atoms with E-state index in [1.807, 2.05) is 36.4 Å². The van der Waals surface area contributed by atoms with Gasteiger partial charge in [-0.25, -0.2) is 0 Å². The van der Waals surface area contributed by atoms with Gasteiger partial charge in [-0.3, -0.25) is 14.4 Å². The maximum absolute atomic E-state index is 13.9. The summed E-state index contributed by atoms with van der Waals surface area (Å²) in [6.07, 6.45) is 33.2. The van der Waals surface area contributed by atoms with E-state index in [1.165, 1.54) is 187 Å². The number of carbonyl (C=O) groups is 3. The molecule has 0 N–H and O–H groups in total. The lowest BCUT2D eigenvalue weighted by Crippen LogP contribution is -2.34. The van der Waals surface area contributed by atoms with Gasteiger partial charge in [-0.2, -0.15) is 0 Å². The molecule has 7 aromatic carbocycles. The molecule has 8 heterocycles. The Hall–Kier alpha value is -9.29. The molecule has 0 spiro atoms. The average molecular weight is 1410 g/mol. The standard InChI is InChI=1S/C35H34N2O.C31H36N2O.C27H26N2OS2/c1-34(2)27-15-9-11-17-29(27)36(5)31(34)21-19-25-23-13-7-8-14-24(23)26(33(25)38)20-22-32-35(3,4)28-16-10-12-18-30(28)37(32)6;34-31-27(19-21-15-23-5-1-11-32-12-2-6-24(16-21)29(23)32)9-10-28(31)20-22-17-25-7-3-13-33-14-4-8-26(18-22)30(25)33;1-3-28-21-9-5-7-11-23(21)31-25(28)17-15-19-13-14-20(27(19)30)16-18-26-29(4-2)22-10-6-8-12-24(22)32-26/h7-22H,1-6H3;15-19,28H,1-14,20H2;5-12,15-18H,3-4,13-14H2,1-2H3. The second-order valence-corrected chi connectivity index (χ2v) is 32.8. The molecule has 9 nitrogen and oxygen atoms in total. The van der Waals surface area contributed by atoms with Crippen molar-refractivity contribution in [2.45, 2.75) is 146 Å². The van der Waals surface area contributed by atoms with Gasteiger partial charge in [0.15, 0.2) is 17.3 Å². The van der Waals surface area contributed by atoms with Crippen molar-refractivity contribution in [1.29, 1.82) is 0 Å². The first-order valence-electron chi connectivity index (χ1n) is 38.2. The fourth-order valence-electron chi connectivity index (χ4n) is 18.5. The van der Waals surface area contributed by atoms with E-state index in [1.54, 1.807) is 23.5 Å². The Balaban J connectivity index is 0.000000121. The molecule has 2 fully saturated rings. The van der Waals surface area contributed by atoms with Crippen LogP contribution in [0.5, 0.6) is 0 Å². The smallest absolute Gasteiger partial charge is 0.194 e. The molecule has 2 saturated carbocycles. The largest absolute Gasteiger partial charge is 0.371 e. The van der Waals surface area contributed by atoms with E-state index >= 15 is 0 Å². The average Bonchev–Trinajstić information content (AvgIpc) is 1.50. The number of carbonyl (C=O) groups excluding carboxylic acids is 3. The minimum absolute atomic E-state index is 0.0758. The maximum atomic E-state index is 13.9. The summed E-state index contributed by atoms with van der Waals surface area (Å²) in [6.45, 7) is 20.0.